The van der Waals surface area contributed by atoms with E-state index in [1.807, 2.05) is 6.92 Å². The number of benzene rings is 1. The molecule has 94 valence electrons. The number of hydrogen-bond acceptors (Lipinski definition) is 4. The summed E-state index contributed by atoms with van der Waals surface area (Å²) in [5.41, 5.74) is 0.466. The Kier molecular flexibility index (Phi) is 4.84. The summed E-state index contributed by atoms with van der Waals surface area (Å²) in [4.78, 5) is 11.8. The van der Waals surface area contributed by atoms with E-state index < -0.39 is 9.84 Å². The fourth-order valence-electron chi connectivity index (χ4n) is 1.28. The average Bonchev–Trinajstić information content (AvgIpc) is 2.28. The number of carbonyl (C=O) groups excluding carboxylic acids is 1. The minimum Gasteiger partial charge on any atom is -0.373 e. The molecule has 0 atom stereocenters. The van der Waals surface area contributed by atoms with Gasteiger partial charge in [0.2, 0.25) is 0 Å². The number of ketones is 1. The fourth-order valence-corrected chi connectivity index (χ4v) is 1.91. The molecule has 0 heterocycles. The maximum absolute atomic E-state index is 11.6. The first-order chi connectivity index (χ1) is 7.95. The van der Waals surface area contributed by atoms with Gasteiger partial charge in [0.05, 0.1) is 4.90 Å². The van der Waals surface area contributed by atoms with Crippen molar-refractivity contribution in [1.29, 1.82) is 0 Å². The zero-order valence-electron chi connectivity index (χ0n) is 9.97. The minimum absolute atomic E-state index is 0.0338. The Morgan fingerprint density at radius 2 is 1.82 bits per heavy atom. The molecule has 1 rings (SSSR count). The molecule has 0 amide bonds. The Hall–Kier alpha value is -1.20. The molecule has 0 aliphatic heterocycles. The molecule has 0 spiro atoms. The maximum atomic E-state index is 11.6. The number of hydrogen-bond donors (Lipinski definition) is 0. The van der Waals surface area contributed by atoms with Crippen LogP contribution in [0.25, 0.3) is 0 Å². The number of rotatable bonds is 6. The van der Waals surface area contributed by atoms with Crippen LogP contribution >= 0.6 is 0 Å². The van der Waals surface area contributed by atoms with Gasteiger partial charge in [-0.25, -0.2) is 8.42 Å². The Labute approximate surface area is 102 Å². The van der Waals surface area contributed by atoms with E-state index in [2.05, 4.69) is 0 Å². The van der Waals surface area contributed by atoms with Crippen LogP contribution in [0.5, 0.6) is 0 Å². The minimum atomic E-state index is -3.21. The highest BCUT2D eigenvalue weighted by atomic mass is 32.2. The lowest BCUT2D eigenvalue weighted by molar-refractivity contribution is 0.0761. The zero-order valence-corrected chi connectivity index (χ0v) is 10.8. The second-order valence-electron chi connectivity index (χ2n) is 3.77. The molecule has 0 aromatic heterocycles. The lowest BCUT2D eigenvalue weighted by Gasteiger charge is -2.03. The van der Waals surface area contributed by atoms with Gasteiger partial charge in [-0.2, -0.15) is 0 Å². The first kappa shape index (κ1) is 13.9. The van der Waals surface area contributed by atoms with E-state index in [1.54, 1.807) is 0 Å². The van der Waals surface area contributed by atoms with Crippen LogP contribution in [0.1, 0.15) is 23.7 Å². The Bertz CT molecular complexity index is 474. The molecular formula is C12H16O4S. The Morgan fingerprint density at radius 1 is 1.24 bits per heavy atom. The van der Waals surface area contributed by atoms with Crippen LogP contribution in [0.15, 0.2) is 29.2 Å². The zero-order chi connectivity index (χ0) is 12.9. The summed E-state index contributed by atoms with van der Waals surface area (Å²) in [6.07, 6.45) is 1.99. The van der Waals surface area contributed by atoms with Gasteiger partial charge < -0.3 is 4.74 Å². The van der Waals surface area contributed by atoms with Crippen molar-refractivity contribution >= 4 is 15.6 Å². The van der Waals surface area contributed by atoms with E-state index in [1.165, 1.54) is 24.3 Å². The summed E-state index contributed by atoms with van der Waals surface area (Å²) >= 11 is 0. The van der Waals surface area contributed by atoms with E-state index >= 15 is 0 Å². The van der Waals surface area contributed by atoms with Gasteiger partial charge in [0.15, 0.2) is 15.6 Å². The van der Waals surface area contributed by atoms with E-state index in [0.29, 0.717) is 12.2 Å². The standard InChI is InChI=1S/C12H16O4S/c1-3-8-16-9-12(13)10-4-6-11(7-5-10)17(2,14)15/h4-7H,3,8-9H2,1-2H3. The molecule has 0 saturated carbocycles. The summed E-state index contributed by atoms with van der Waals surface area (Å²) in [5, 5.41) is 0. The summed E-state index contributed by atoms with van der Waals surface area (Å²) in [6.45, 7) is 2.55. The quantitative estimate of drug-likeness (QED) is 0.574. The van der Waals surface area contributed by atoms with Crippen LogP contribution in [-0.4, -0.2) is 33.7 Å². The number of ether oxygens (including phenoxy) is 1. The van der Waals surface area contributed by atoms with Gasteiger partial charge in [-0.3, -0.25) is 4.79 Å². The second-order valence-corrected chi connectivity index (χ2v) is 5.79. The van der Waals surface area contributed by atoms with Crippen LogP contribution < -0.4 is 0 Å². The molecule has 0 aliphatic carbocycles. The molecule has 0 N–H and O–H groups in total. The third-order valence-corrected chi connectivity index (χ3v) is 3.31. The lowest BCUT2D eigenvalue weighted by atomic mass is 10.1. The smallest absolute Gasteiger partial charge is 0.188 e. The van der Waals surface area contributed by atoms with Gasteiger partial charge in [-0.15, -0.1) is 0 Å². The molecule has 0 fully saturated rings. The van der Waals surface area contributed by atoms with E-state index in [0.717, 1.165) is 12.7 Å². The fraction of sp³-hybridized carbons (Fsp3) is 0.417. The Morgan fingerprint density at radius 3 is 2.29 bits per heavy atom. The summed E-state index contributed by atoms with van der Waals surface area (Å²) < 4.78 is 27.6. The number of carbonyl (C=O) groups is 1. The van der Waals surface area contributed by atoms with Crippen molar-refractivity contribution in [2.45, 2.75) is 18.2 Å². The predicted molar refractivity (Wildman–Crippen MR) is 65.0 cm³/mol. The molecule has 4 nitrogen and oxygen atoms in total. The number of sulfone groups is 1. The second kappa shape index (κ2) is 5.93. The Balaban J connectivity index is 2.71. The molecule has 0 saturated heterocycles. The van der Waals surface area contributed by atoms with Gasteiger partial charge in [0, 0.05) is 18.4 Å². The molecular weight excluding hydrogens is 240 g/mol. The summed E-state index contributed by atoms with van der Waals surface area (Å²) in [5.74, 6) is -0.140. The van der Waals surface area contributed by atoms with Crippen molar-refractivity contribution in [3.63, 3.8) is 0 Å². The van der Waals surface area contributed by atoms with Gasteiger partial charge in [0.1, 0.15) is 6.61 Å². The highest BCUT2D eigenvalue weighted by Gasteiger charge is 2.09. The average molecular weight is 256 g/mol. The van der Waals surface area contributed by atoms with Crippen LogP contribution in [0, 0.1) is 0 Å². The molecule has 0 bridgehead atoms. The van der Waals surface area contributed by atoms with Crippen LogP contribution in [0.2, 0.25) is 0 Å². The highest BCUT2D eigenvalue weighted by Crippen LogP contribution is 2.10. The van der Waals surface area contributed by atoms with E-state index in [-0.39, 0.29) is 17.3 Å². The topological polar surface area (TPSA) is 60.4 Å². The predicted octanol–water partition coefficient (Wildman–Crippen LogP) is 1.70. The first-order valence-electron chi connectivity index (χ1n) is 5.36. The third kappa shape index (κ3) is 4.28. The normalized spacial score (nSPS) is 11.4. The van der Waals surface area contributed by atoms with Crippen molar-refractivity contribution < 1.29 is 17.9 Å². The van der Waals surface area contributed by atoms with Gasteiger partial charge in [-0.05, 0) is 18.6 Å². The van der Waals surface area contributed by atoms with Gasteiger partial charge in [0.25, 0.3) is 0 Å². The molecule has 17 heavy (non-hydrogen) atoms. The van der Waals surface area contributed by atoms with Crippen LogP contribution in [-0.2, 0) is 14.6 Å². The van der Waals surface area contributed by atoms with Gasteiger partial charge in [-0.1, -0.05) is 19.1 Å². The molecule has 0 aliphatic rings. The van der Waals surface area contributed by atoms with E-state index in [4.69, 9.17) is 4.74 Å². The van der Waals surface area contributed by atoms with Crippen LogP contribution in [0.3, 0.4) is 0 Å². The maximum Gasteiger partial charge on any atom is 0.188 e. The molecule has 5 heteroatoms. The monoisotopic (exact) mass is 256 g/mol. The molecule has 0 radical (unpaired) electrons. The van der Waals surface area contributed by atoms with Crippen molar-refractivity contribution in [3.05, 3.63) is 29.8 Å². The van der Waals surface area contributed by atoms with E-state index in [9.17, 15) is 13.2 Å². The number of Topliss-reactive ketones (excluding diaryl/α,β-unsaturated/α-hetero) is 1. The molecule has 0 unspecified atom stereocenters. The third-order valence-electron chi connectivity index (χ3n) is 2.19. The lowest BCUT2D eigenvalue weighted by Crippen LogP contribution is -2.09. The van der Waals surface area contributed by atoms with Crippen molar-refractivity contribution in [2.75, 3.05) is 19.5 Å². The summed E-state index contributed by atoms with van der Waals surface area (Å²) in [7, 11) is -3.21. The highest BCUT2D eigenvalue weighted by molar-refractivity contribution is 7.90. The SMILES string of the molecule is CCCOCC(=O)c1ccc(S(C)(=O)=O)cc1. The molecule has 1 aromatic rings. The van der Waals surface area contributed by atoms with Crippen molar-refractivity contribution in [1.82, 2.24) is 0 Å². The van der Waals surface area contributed by atoms with Crippen LogP contribution in [0.4, 0.5) is 0 Å². The summed E-state index contributed by atoms with van der Waals surface area (Å²) in [6, 6.07) is 5.88. The largest absolute Gasteiger partial charge is 0.373 e. The van der Waals surface area contributed by atoms with Gasteiger partial charge >= 0.3 is 0 Å². The van der Waals surface area contributed by atoms with Crippen molar-refractivity contribution in [2.24, 2.45) is 0 Å². The molecule has 1 aromatic carbocycles. The first-order valence-corrected chi connectivity index (χ1v) is 7.25. The van der Waals surface area contributed by atoms with Crippen molar-refractivity contribution in [3.8, 4) is 0 Å².